The lowest BCUT2D eigenvalue weighted by Gasteiger charge is -2.45. The molecule has 0 bridgehead atoms. The highest BCUT2D eigenvalue weighted by Gasteiger charge is 2.53. The maximum atomic E-state index is 13.3. The minimum absolute atomic E-state index is 0.150. The van der Waals surface area contributed by atoms with Crippen LogP contribution in [0.1, 0.15) is 39.5 Å². The molecule has 1 aromatic heterocycles. The molecule has 44 heavy (non-hydrogen) atoms. The van der Waals surface area contributed by atoms with Crippen molar-refractivity contribution >= 4 is 68.9 Å². The summed E-state index contributed by atoms with van der Waals surface area (Å²) in [5.74, 6) is -4.02. The Balaban J connectivity index is 1.77. The fourth-order valence-electron chi connectivity index (χ4n) is 5.50. The minimum Gasteiger partial charge on any atom is -0.494 e. The molecular formula is C30H27IN2O11. The molecular weight excluding hydrogens is 691 g/mol. The Hall–Kier alpha value is -4.31. The predicted octanol–water partition coefficient (Wildman–Crippen LogP) is 1.57. The quantitative estimate of drug-likeness (QED) is 0.214. The molecule has 0 unspecified atom stereocenters. The van der Waals surface area contributed by atoms with Gasteiger partial charge in [0.25, 0.3) is 5.91 Å². The van der Waals surface area contributed by atoms with Crippen molar-refractivity contribution in [3.8, 4) is 5.88 Å². The lowest BCUT2D eigenvalue weighted by atomic mass is 9.97. The molecule has 5 atom stereocenters. The van der Waals surface area contributed by atoms with Gasteiger partial charge in [-0.05, 0) is 46.9 Å². The Morgan fingerprint density at radius 1 is 0.909 bits per heavy atom. The van der Waals surface area contributed by atoms with E-state index in [0.29, 0.717) is 21.5 Å². The largest absolute Gasteiger partial charge is 0.494 e. The van der Waals surface area contributed by atoms with Crippen LogP contribution < -0.4 is 10.6 Å². The Labute approximate surface area is 263 Å². The maximum Gasteiger partial charge on any atom is 0.303 e. The van der Waals surface area contributed by atoms with Crippen LogP contribution in [-0.4, -0.2) is 70.5 Å². The average Bonchev–Trinajstić information content (AvgIpc) is 3.40. The molecule has 230 valence electrons. The van der Waals surface area contributed by atoms with E-state index in [9.17, 15) is 29.1 Å². The summed E-state index contributed by atoms with van der Waals surface area (Å²) in [5, 5.41) is 13.3. The zero-order valence-corrected chi connectivity index (χ0v) is 26.1. The standard InChI is InChI=1S/C30H27IN2O11/c1-13(34)40-12-22-25(41-14(2)35)26(42-15(3)36)27(43-16(4)37)30(44-22)33-21-8-6-5-7-18(21)24(29(33)39)23-19-11-17(31)9-10-20(19)32-28(23)38/h5-11,22,25-27,30,39H,12H2,1-4H3/t22-,25-,26+,27-,30-/m1/s1. The maximum absolute atomic E-state index is 13.3. The molecule has 2 aliphatic heterocycles. The fourth-order valence-corrected chi connectivity index (χ4v) is 5.99. The molecule has 14 heteroatoms. The van der Waals surface area contributed by atoms with Crippen molar-refractivity contribution in [2.45, 2.75) is 58.3 Å². The van der Waals surface area contributed by atoms with Crippen LogP contribution in [0.2, 0.25) is 0 Å². The van der Waals surface area contributed by atoms with Gasteiger partial charge in [0, 0.05) is 41.9 Å². The number of esters is 4. The summed E-state index contributed by atoms with van der Waals surface area (Å²) >= 11 is 2.11. The van der Waals surface area contributed by atoms with Crippen LogP contribution in [0.25, 0.3) is 16.5 Å². The number of hydrogen-bond acceptors (Lipinski definition) is 11. The monoisotopic (exact) mass is 718 g/mol. The lowest BCUT2D eigenvalue weighted by Crippen LogP contribution is -2.60. The molecule has 2 aliphatic rings. The zero-order chi connectivity index (χ0) is 31.9. The number of benzene rings is 2. The SMILES string of the molecule is CC(=O)OC[C@H]1O[C@@H](n2c(O)c(C3=c4cc(I)ccc4=NC3=O)c3ccccc32)[C@H](OC(C)=O)[C@@H](OC(C)=O)[C@@H]1OC(C)=O. The summed E-state index contributed by atoms with van der Waals surface area (Å²) in [6.07, 6.45) is -6.99. The zero-order valence-electron chi connectivity index (χ0n) is 23.9. The Bertz CT molecular complexity index is 1830. The molecule has 1 fully saturated rings. The highest BCUT2D eigenvalue weighted by Crippen LogP contribution is 2.43. The number of rotatable bonds is 7. The first-order valence-corrected chi connectivity index (χ1v) is 14.5. The van der Waals surface area contributed by atoms with Gasteiger partial charge in [-0.2, -0.15) is 0 Å². The average molecular weight is 718 g/mol. The molecule has 13 nitrogen and oxygen atoms in total. The lowest BCUT2D eigenvalue weighted by molar-refractivity contribution is -0.268. The number of halogens is 1. The number of nitrogens with zero attached hydrogens (tertiary/aromatic N) is 2. The number of amides is 1. The van der Waals surface area contributed by atoms with E-state index in [2.05, 4.69) is 27.6 Å². The van der Waals surface area contributed by atoms with Crippen LogP contribution in [0.4, 0.5) is 0 Å². The number of carbonyl (C=O) groups is 5. The first-order chi connectivity index (χ1) is 20.9. The number of hydrogen-bond donors (Lipinski definition) is 1. The molecule has 1 saturated heterocycles. The second-order valence-corrected chi connectivity index (χ2v) is 11.4. The van der Waals surface area contributed by atoms with Gasteiger partial charge in [0.15, 0.2) is 24.5 Å². The van der Waals surface area contributed by atoms with E-state index in [4.69, 9.17) is 23.7 Å². The van der Waals surface area contributed by atoms with Crippen molar-refractivity contribution < 1.29 is 52.8 Å². The number of aromatic hydroxyl groups is 1. The number of aromatic nitrogens is 1. The van der Waals surface area contributed by atoms with Crippen LogP contribution in [0.5, 0.6) is 5.88 Å². The van der Waals surface area contributed by atoms with Gasteiger partial charge < -0.3 is 28.8 Å². The first kappa shape index (κ1) is 31.1. The fraction of sp³-hybridized carbons (Fsp3) is 0.333. The molecule has 5 rings (SSSR count). The summed E-state index contributed by atoms with van der Waals surface area (Å²) in [4.78, 5) is 66.0. The third-order valence-corrected chi connectivity index (χ3v) is 7.69. The van der Waals surface area contributed by atoms with E-state index in [1.54, 1.807) is 42.5 Å². The minimum atomic E-state index is -1.48. The van der Waals surface area contributed by atoms with Crippen LogP contribution in [0.3, 0.4) is 0 Å². The molecule has 0 spiro atoms. The van der Waals surface area contributed by atoms with Crippen LogP contribution >= 0.6 is 22.6 Å². The summed E-state index contributed by atoms with van der Waals surface area (Å²) in [6, 6.07) is 12.0. The second-order valence-electron chi connectivity index (χ2n) is 10.1. The van der Waals surface area contributed by atoms with Crippen molar-refractivity contribution in [2.24, 2.45) is 4.99 Å². The van der Waals surface area contributed by atoms with Crippen molar-refractivity contribution in [2.75, 3.05) is 6.61 Å². The van der Waals surface area contributed by atoms with E-state index < -0.39 is 72.9 Å². The van der Waals surface area contributed by atoms with E-state index in [0.717, 1.165) is 24.3 Å². The molecule has 0 saturated carbocycles. The number of ether oxygens (including phenoxy) is 5. The number of para-hydroxylation sites is 1. The summed E-state index contributed by atoms with van der Waals surface area (Å²) in [5.41, 5.74) is 0.667. The highest BCUT2D eigenvalue weighted by atomic mass is 127. The Morgan fingerprint density at radius 3 is 2.20 bits per heavy atom. The van der Waals surface area contributed by atoms with Crippen molar-refractivity contribution in [1.82, 2.24) is 4.57 Å². The van der Waals surface area contributed by atoms with E-state index in [1.165, 1.54) is 11.5 Å². The second kappa shape index (κ2) is 12.4. The van der Waals surface area contributed by atoms with Gasteiger partial charge in [0.05, 0.1) is 22.0 Å². The van der Waals surface area contributed by atoms with Crippen molar-refractivity contribution in [1.29, 1.82) is 0 Å². The van der Waals surface area contributed by atoms with Crippen LogP contribution in [0.15, 0.2) is 47.5 Å². The highest BCUT2D eigenvalue weighted by molar-refractivity contribution is 14.1. The molecule has 0 aliphatic carbocycles. The third kappa shape index (κ3) is 5.91. The molecule has 1 N–H and O–H groups in total. The van der Waals surface area contributed by atoms with Gasteiger partial charge in [-0.15, -0.1) is 0 Å². The van der Waals surface area contributed by atoms with Crippen LogP contribution in [-0.2, 0) is 47.7 Å². The van der Waals surface area contributed by atoms with Crippen molar-refractivity contribution in [3.05, 3.63) is 62.2 Å². The summed E-state index contributed by atoms with van der Waals surface area (Å²) in [6.45, 7) is 4.09. The van der Waals surface area contributed by atoms with Gasteiger partial charge in [0.1, 0.15) is 12.7 Å². The summed E-state index contributed by atoms with van der Waals surface area (Å²) < 4.78 is 30.3. The Morgan fingerprint density at radius 2 is 1.55 bits per heavy atom. The van der Waals surface area contributed by atoms with E-state index in [1.807, 2.05) is 0 Å². The molecule has 3 aromatic rings. The van der Waals surface area contributed by atoms with Crippen LogP contribution in [0, 0.1) is 3.57 Å². The Kier molecular flexibility index (Phi) is 8.74. The number of carbonyl (C=O) groups excluding carboxylic acids is 5. The molecule has 0 radical (unpaired) electrons. The van der Waals surface area contributed by atoms with Crippen molar-refractivity contribution in [3.63, 3.8) is 0 Å². The molecule has 3 heterocycles. The smallest absolute Gasteiger partial charge is 0.303 e. The molecule has 1 amide bonds. The normalized spacial score (nSPS) is 22.6. The molecule has 2 aromatic carbocycles. The van der Waals surface area contributed by atoms with E-state index in [-0.39, 0.29) is 11.1 Å². The van der Waals surface area contributed by atoms with Gasteiger partial charge in [-0.1, -0.05) is 18.2 Å². The van der Waals surface area contributed by atoms with Gasteiger partial charge in [0.2, 0.25) is 5.88 Å². The van der Waals surface area contributed by atoms with E-state index >= 15 is 0 Å². The predicted molar refractivity (Wildman–Crippen MR) is 158 cm³/mol. The summed E-state index contributed by atoms with van der Waals surface area (Å²) in [7, 11) is 0. The third-order valence-electron chi connectivity index (χ3n) is 7.02. The van der Waals surface area contributed by atoms with Gasteiger partial charge >= 0.3 is 23.9 Å². The first-order valence-electron chi connectivity index (χ1n) is 13.4. The number of fused-ring (bicyclic) bond motifs is 2. The topological polar surface area (TPSA) is 169 Å². The van der Waals surface area contributed by atoms with Gasteiger partial charge in [-0.25, -0.2) is 4.99 Å². The van der Waals surface area contributed by atoms with Gasteiger partial charge in [-0.3, -0.25) is 28.5 Å².